The van der Waals surface area contributed by atoms with Crippen molar-refractivity contribution in [2.75, 3.05) is 23.7 Å². The van der Waals surface area contributed by atoms with E-state index in [9.17, 15) is 97.0 Å². The van der Waals surface area contributed by atoms with Crippen LogP contribution >= 0.6 is 11.3 Å². The number of phenolic OH excluding ortho intramolecular Hbond substituents is 3. The van der Waals surface area contributed by atoms with E-state index in [1.54, 1.807) is 102 Å². The molecule has 0 saturated heterocycles. The van der Waals surface area contributed by atoms with E-state index in [1.165, 1.54) is 138 Å². The van der Waals surface area contributed by atoms with Crippen LogP contribution in [0.2, 0.25) is 0 Å². The second kappa shape index (κ2) is 41.1. The lowest BCUT2D eigenvalue weighted by Crippen LogP contribution is -2.35. The zero-order valence-corrected chi connectivity index (χ0v) is 70.2. The molecule has 10 N–H and O–H groups in total. The Morgan fingerprint density at radius 1 is 0.450 bits per heavy atom. The third kappa shape index (κ3) is 21.1. The highest BCUT2D eigenvalue weighted by Gasteiger charge is 2.35. The standard InChI is InChI=1S/C18H13N3O4.C16H9FN4O3S.C16H12FN3O3.C15H12N4O3.C13H15N3O3.C13H16N2O2/c22-14-7-3-6-13-15(14)19-10-20(16(13)23)8-9-21-17(24)11-4-1-2-5-12(11)18(21)25;17-8-3-4-10-12(6-8)25-16(19-10)20-14(23)9-7-18-13-11(22)2-1-5-21(13)15(9)24;17-11-5-3-10(4-6-11)8-19-15(22)12-9-18-14-13(21)2-1-7-20(14)16(12)23;20-11-5-3-4-10-14(11)17-9-19(15(10)22)8-13(21)18-12-6-1-2-7-16-12;1-2-3-6-14-12(18)9-8-15-11-10(17)5-4-7-16(11)13(9)19;1-3-9(2)7-15-8-14-12-10(13(15)17)5-4-6-11(12)16/h1-7,10,22H,8-9H2;1-7,22H,(H,19,20,23);1-7,9,21H,8H2,(H,19,22);1-7,9,20H,8H2,(H,16,18,21);4-5,7-8,17H,2-3,6H2,1H3,(H,14,18);4-6,8-9,16H,3,7H2,1-2H3. The fraction of sp³-hybridized carbons (Fsp3) is 0.143. The van der Waals surface area contributed by atoms with E-state index in [-0.39, 0.29) is 156 Å². The number of imide groups is 1. The predicted molar refractivity (Wildman–Crippen MR) is 479 cm³/mol. The maximum Gasteiger partial charge on any atom is 0.270 e. The molecule has 11 aromatic heterocycles. The number of pyridine rings is 4. The highest BCUT2D eigenvalue weighted by molar-refractivity contribution is 7.22. The first-order valence-corrected chi connectivity index (χ1v) is 40.8. The van der Waals surface area contributed by atoms with Crippen LogP contribution in [0, 0.1) is 17.6 Å². The fourth-order valence-corrected chi connectivity index (χ4v) is 13.9. The Bertz CT molecular complexity index is 7630. The van der Waals surface area contributed by atoms with Crippen LogP contribution < -0.4 is 54.6 Å². The highest BCUT2D eigenvalue weighted by atomic mass is 32.1. The average Bonchev–Trinajstić information content (AvgIpc) is 1.57. The number of aromatic hydroxyl groups is 6. The van der Waals surface area contributed by atoms with Crippen molar-refractivity contribution in [1.29, 1.82) is 0 Å². The lowest BCUT2D eigenvalue weighted by Gasteiger charge is -2.14. The van der Waals surface area contributed by atoms with Crippen molar-refractivity contribution >= 4 is 118 Å². The molecule has 6 amide bonds. The average molecular weight is 1790 g/mol. The van der Waals surface area contributed by atoms with Crippen LogP contribution in [0.1, 0.15) is 97.4 Å². The minimum Gasteiger partial charge on any atom is -0.506 e. The molecule has 37 nitrogen and oxygen atoms in total. The lowest BCUT2D eigenvalue weighted by atomic mass is 10.1. The van der Waals surface area contributed by atoms with Crippen LogP contribution in [0.15, 0.2) is 267 Å². The van der Waals surface area contributed by atoms with Crippen molar-refractivity contribution in [2.24, 2.45) is 5.92 Å². The monoisotopic (exact) mass is 1790 g/mol. The van der Waals surface area contributed by atoms with E-state index in [1.807, 2.05) is 6.92 Å². The van der Waals surface area contributed by atoms with E-state index in [0.717, 1.165) is 61.1 Å². The van der Waals surface area contributed by atoms with Gasteiger partial charge < -0.3 is 46.6 Å². The molecule has 17 aromatic rings. The van der Waals surface area contributed by atoms with Crippen LogP contribution in [-0.4, -0.2) is 151 Å². The third-order valence-electron chi connectivity index (χ3n) is 20.0. The Morgan fingerprint density at radius 3 is 1.40 bits per heavy atom. The first kappa shape index (κ1) is 91.2. The quantitative estimate of drug-likeness (QED) is 0.0282. The zero-order chi connectivity index (χ0) is 93.3. The van der Waals surface area contributed by atoms with Gasteiger partial charge in [-0.25, -0.2) is 48.7 Å². The number of benzene rings is 6. The highest BCUT2D eigenvalue weighted by Crippen LogP contribution is 2.29. The number of halogens is 2. The number of hydrogen-bond acceptors (Lipinski definition) is 27. The van der Waals surface area contributed by atoms with Gasteiger partial charge in [-0.3, -0.25) is 94.7 Å². The van der Waals surface area contributed by atoms with Crippen molar-refractivity contribution in [3.05, 3.63) is 345 Å². The number of thiazole rings is 1. The summed E-state index contributed by atoms with van der Waals surface area (Å²) >= 11 is 1.09. The molecular weight excluding hydrogens is 1720 g/mol. The number of amides is 6. The number of phenols is 3. The van der Waals surface area contributed by atoms with Gasteiger partial charge in [0.05, 0.1) is 56.5 Å². The third-order valence-corrected chi connectivity index (χ3v) is 20.9. The summed E-state index contributed by atoms with van der Waals surface area (Å²) in [5.74, 6) is -3.25. The number of fused-ring (bicyclic) bond motifs is 8. The summed E-state index contributed by atoms with van der Waals surface area (Å²) in [7, 11) is 0. The van der Waals surface area contributed by atoms with Gasteiger partial charge in [-0.1, -0.05) is 93.5 Å². The normalized spacial score (nSPS) is 11.5. The number of aromatic nitrogens is 14. The fourth-order valence-electron chi connectivity index (χ4n) is 13.0. The second-order valence-corrected chi connectivity index (χ2v) is 30.0. The van der Waals surface area contributed by atoms with E-state index in [0.29, 0.717) is 62.6 Å². The predicted octanol–water partition coefficient (Wildman–Crippen LogP) is 9.48. The number of nitrogens with zero attached hydrogens (tertiary/aromatic N) is 15. The van der Waals surface area contributed by atoms with Gasteiger partial charge in [0, 0.05) is 76.1 Å². The largest absolute Gasteiger partial charge is 0.506 e. The summed E-state index contributed by atoms with van der Waals surface area (Å²) in [4.78, 5) is 180. The molecule has 0 fully saturated rings. The summed E-state index contributed by atoms with van der Waals surface area (Å²) in [6.45, 7) is 7.55. The zero-order valence-electron chi connectivity index (χ0n) is 69.4. The van der Waals surface area contributed by atoms with E-state index in [2.05, 4.69) is 75.0 Å². The van der Waals surface area contributed by atoms with Crippen molar-refractivity contribution < 1.29 is 68.2 Å². The SMILES string of the molecule is CCC(C)Cn1cnc2c(O)cccc2c1=O.CCCCNC(=O)c1cnc2c(O)cccn2c1=O.O=C(Cn1cnc2c(O)cccc2c1=O)Nc1ccccn1.O=C(NCc1ccc(F)cc1)c1cnc2c(O)cccn2c1=O.O=C(Nc1nc2ccc(F)cc2s1)c1cnc2c(O)cccn2c1=O.O=C1c2ccccc2C(=O)N1CCn1cnc2c(O)cccc2c1=O. The first-order chi connectivity index (χ1) is 63.1. The van der Waals surface area contributed by atoms with Crippen molar-refractivity contribution in [1.82, 2.24) is 82.3 Å². The van der Waals surface area contributed by atoms with E-state index in [4.69, 9.17) is 0 Å². The van der Waals surface area contributed by atoms with Crippen molar-refractivity contribution in [3.8, 4) is 34.5 Å². The van der Waals surface area contributed by atoms with Gasteiger partial charge in [-0.05, 0) is 145 Å². The number of hydrogen-bond donors (Lipinski definition) is 10. The summed E-state index contributed by atoms with van der Waals surface area (Å²) < 4.78 is 34.1. The minimum atomic E-state index is -0.685. The molecule has 0 aliphatic carbocycles. The molecule has 0 saturated carbocycles. The number of carbonyl (C=O) groups is 6. The minimum absolute atomic E-state index is 0.0285. The maximum atomic E-state index is 13.2. The van der Waals surface area contributed by atoms with Crippen molar-refractivity contribution in [2.45, 2.75) is 66.2 Å². The Balaban J connectivity index is 0.000000134. The van der Waals surface area contributed by atoms with Crippen LogP contribution in [-0.2, 0) is 31.0 Å². The van der Waals surface area contributed by atoms with Gasteiger partial charge in [-0.15, -0.1) is 0 Å². The topological polar surface area (TPSA) is 509 Å². The van der Waals surface area contributed by atoms with Gasteiger partial charge in [-0.2, -0.15) is 0 Å². The number of nitrogens with one attached hydrogen (secondary N) is 4. The molecule has 0 bridgehead atoms. The number of rotatable bonds is 18. The molecule has 664 valence electrons. The van der Waals surface area contributed by atoms with E-state index < -0.39 is 45.8 Å². The second-order valence-electron chi connectivity index (χ2n) is 28.9. The molecule has 40 heteroatoms. The molecule has 6 aromatic carbocycles. The molecule has 0 radical (unpaired) electrons. The molecule has 1 aliphatic rings. The Morgan fingerprint density at radius 2 is 0.908 bits per heavy atom. The summed E-state index contributed by atoms with van der Waals surface area (Å²) in [6, 6.07) is 44.3. The van der Waals surface area contributed by atoms with Crippen LogP contribution in [0.25, 0.3) is 59.9 Å². The number of unbranched alkanes of at least 4 members (excludes halogenated alkanes) is 1. The van der Waals surface area contributed by atoms with Gasteiger partial charge in [0.1, 0.15) is 74.5 Å². The lowest BCUT2D eigenvalue weighted by molar-refractivity contribution is -0.116. The van der Waals surface area contributed by atoms with Gasteiger partial charge in [0.15, 0.2) is 39.3 Å². The first-order valence-electron chi connectivity index (χ1n) is 40.0. The van der Waals surface area contributed by atoms with Crippen molar-refractivity contribution in [3.63, 3.8) is 0 Å². The summed E-state index contributed by atoms with van der Waals surface area (Å²) in [5, 5.41) is 69.5. The van der Waals surface area contributed by atoms with Gasteiger partial charge in [0.2, 0.25) is 5.91 Å². The molecule has 0 spiro atoms. The van der Waals surface area contributed by atoms with Gasteiger partial charge in [0.25, 0.3) is 62.9 Å². The molecular formula is C91H77F2N19O18S. The molecule has 1 aliphatic heterocycles. The Labute approximate surface area is 740 Å². The number of anilines is 2. The van der Waals surface area contributed by atoms with Crippen LogP contribution in [0.3, 0.4) is 0 Å². The molecule has 1 unspecified atom stereocenters. The summed E-state index contributed by atoms with van der Waals surface area (Å²) in [6.07, 6.45) is 16.2. The van der Waals surface area contributed by atoms with Gasteiger partial charge >= 0.3 is 0 Å². The van der Waals surface area contributed by atoms with Crippen LogP contribution in [0.5, 0.6) is 34.5 Å². The Hall–Kier alpha value is -17.5. The molecule has 131 heavy (non-hydrogen) atoms. The molecule has 1 atom stereocenters. The number of para-hydroxylation sites is 3. The Kier molecular flexibility index (Phi) is 28.6. The smallest absolute Gasteiger partial charge is 0.270 e. The summed E-state index contributed by atoms with van der Waals surface area (Å²) in [5.41, 5.74) is 0.196. The maximum absolute atomic E-state index is 13.2. The van der Waals surface area contributed by atoms with E-state index >= 15 is 0 Å². The number of carbonyl (C=O) groups excluding carboxylic acids is 6. The molecule has 18 rings (SSSR count). The van der Waals surface area contributed by atoms with Crippen LogP contribution in [0.4, 0.5) is 19.7 Å². The molecule has 12 heterocycles.